The molecule has 2 unspecified atom stereocenters. The van der Waals surface area contributed by atoms with E-state index in [9.17, 15) is 4.79 Å². The summed E-state index contributed by atoms with van der Waals surface area (Å²) >= 11 is 0. The first kappa shape index (κ1) is 13.1. The maximum Gasteiger partial charge on any atom is 0.222 e. The zero-order valence-electron chi connectivity index (χ0n) is 11.7. The second kappa shape index (κ2) is 4.73. The maximum atomic E-state index is 11.9. The Bertz CT molecular complexity index is 458. The SMILES string of the molecule is Cc1cc(C)c(C2C(N)CCC(=O)N2C)c(C)c1. The molecule has 2 atom stereocenters. The lowest BCUT2D eigenvalue weighted by molar-refractivity contribution is -0.135. The largest absolute Gasteiger partial charge is 0.337 e. The van der Waals surface area contributed by atoms with Crippen LogP contribution in [0.2, 0.25) is 0 Å². The molecule has 1 amide bonds. The lowest BCUT2D eigenvalue weighted by Crippen LogP contribution is -2.47. The Morgan fingerprint density at radius 2 is 1.78 bits per heavy atom. The number of benzene rings is 1. The van der Waals surface area contributed by atoms with Crippen molar-refractivity contribution in [2.45, 2.75) is 45.7 Å². The van der Waals surface area contributed by atoms with Gasteiger partial charge in [0, 0.05) is 19.5 Å². The van der Waals surface area contributed by atoms with E-state index in [4.69, 9.17) is 5.73 Å². The van der Waals surface area contributed by atoms with E-state index in [0.29, 0.717) is 6.42 Å². The summed E-state index contributed by atoms with van der Waals surface area (Å²) in [5.74, 6) is 0.195. The number of amides is 1. The van der Waals surface area contributed by atoms with Gasteiger partial charge >= 0.3 is 0 Å². The molecular formula is C15H22N2O. The predicted octanol–water partition coefficient (Wildman–Crippen LogP) is 2.23. The highest BCUT2D eigenvalue weighted by Crippen LogP contribution is 2.34. The van der Waals surface area contributed by atoms with Gasteiger partial charge in [-0.2, -0.15) is 0 Å². The van der Waals surface area contributed by atoms with E-state index in [2.05, 4.69) is 32.9 Å². The molecule has 3 nitrogen and oxygen atoms in total. The number of hydrogen-bond acceptors (Lipinski definition) is 2. The van der Waals surface area contributed by atoms with Gasteiger partial charge in [-0.1, -0.05) is 17.7 Å². The third-order valence-corrected chi connectivity index (χ3v) is 3.94. The molecule has 3 heteroatoms. The van der Waals surface area contributed by atoms with E-state index in [1.165, 1.54) is 22.3 Å². The van der Waals surface area contributed by atoms with Crippen LogP contribution in [-0.2, 0) is 4.79 Å². The number of nitrogens with two attached hydrogens (primary N) is 1. The van der Waals surface area contributed by atoms with Crippen molar-refractivity contribution in [2.24, 2.45) is 5.73 Å². The van der Waals surface area contributed by atoms with Crippen molar-refractivity contribution in [3.05, 3.63) is 34.4 Å². The summed E-state index contributed by atoms with van der Waals surface area (Å²) in [7, 11) is 1.87. The number of carbonyl (C=O) groups excluding carboxylic acids is 1. The first-order valence-corrected chi connectivity index (χ1v) is 6.50. The number of carbonyl (C=O) groups is 1. The molecule has 2 rings (SSSR count). The summed E-state index contributed by atoms with van der Waals surface area (Å²) in [6.45, 7) is 6.31. The molecule has 98 valence electrons. The first-order chi connectivity index (χ1) is 8.41. The zero-order valence-corrected chi connectivity index (χ0v) is 11.7. The molecule has 18 heavy (non-hydrogen) atoms. The van der Waals surface area contributed by atoms with Crippen LogP contribution in [0.15, 0.2) is 12.1 Å². The highest BCUT2D eigenvalue weighted by Gasteiger charge is 2.34. The number of hydrogen-bond donors (Lipinski definition) is 1. The topological polar surface area (TPSA) is 46.3 Å². The van der Waals surface area contributed by atoms with Crippen molar-refractivity contribution in [1.29, 1.82) is 0 Å². The summed E-state index contributed by atoms with van der Waals surface area (Å²) in [5.41, 5.74) is 11.2. The predicted molar refractivity (Wildman–Crippen MR) is 73.4 cm³/mol. The van der Waals surface area contributed by atoms with Gasteiger partial charge in [-0.15, -0.1) is 0 Å². The van der Waals surface area contributed by atoms with Crippen molar-refractivity contribution in [3.63, 3.8) is 0 Å². The molecule has 1 saturated heterocycles. The molecule has 0 bridgehead atoms. The van der Waals surface area contributed by atoms with E-state index in [1.54, 1.807) is 0 Å². The zero-order chi connectivity index (χ0) is 13.4. The fraction of sp³-hybridized carbons (Fsp3) is 0.533. The van der Waals surface area contributed by atoms with Crippen LogP contribution in [0.1, 0.15) is 41.1 Å². The van der Waals surface area contributed by atoms with Crippen LogP contribution < -0.4 is 5.73 Å². The maximum absolute atomic E-state index is 11.9. The Morgan fingerprint density at radius 1 is 1.22 bits per heavy atom. The summed E-state index contributed by atoms with van der Waals surface area (Å²) in [6, 6.07) is 4.39. The van der Waals surface area contributed by atoms with Gasteiger partial charge in [-0.3, -0.25) is 4.79 Å². The summed E-state index contributed by atoms with van der Waals surface area (Å²) in [4.78, 5) is 13.7. The molecule has 0 aromatic heterocycles. The van der Waals surface area contributed by atoms with Crippen LogP contribution in [0.3, 0.4) is 0 Å². The van der Waals surface area contributed by atoms with Crippen molar-refractivity contribution < 1.29 is 4.79 Å². The second-order valence-corrected chi connectivity index (χ2v) is 5.46. The van der Waals surface area contributed by atoms with Crippen LogP contribution in [0.25, 0.3) is 0 Å². The first-order valence-electron chi connectivity index (χ1n) is 6.50. The van der Waals surface area contributed by atoms with E-state index >= 15 is 0 Å². The second-order valence-electron chi connectivity index (χ2n) is 5.46. The van der Waals surface area contributed by atoms with Crippen LogP contribution in [0, 0.1) is 20.8 Å². The molecule has 2 N–H and O–H groups in total. The summed E-state index contributed by atoms with van der Waals surface area (Å²) < 4.78 is 0. The van der Waals surface area contributed by atoms with Crippen LogP contribution >= 0.6 is 0 Å². The number of rotatable bonds is 1. The van der Waals surface area contributed by atoms with Gasteiger partial charge in [0.05, 0.1) is 6.04 Å². The highest BCUT2D eigenvalue weighted by atomic mass is 16.2. The summed E-state index contributed by atoms with van der Waals surface area (Å²) in [6.07, 6.45) is 1.35. The molecule has 1 aliphatic rings. The van der Waals surface area contributed by atoms with Crippen LogP contribution in [0.4, 0.5) is 0 Å². The lowest BCUT2D eigenvalue weighted by atomic mass is 9.85. The van der Waals surface area contributed by atoms with Gasteiger partial charge in [0.2, 0.25) is 5.91 Å². The molecule has 1 fully saturated rings. The third-order valence-electron chi connectivity index (χ3n) is 3.94. The Balaban J connectivity index is 2.49. The average Bonchev–Trinajstić information content (AvgIpc) is 2.27. The van der Waals surface area contributed by atoms with Crippen molar-refractivity contribution >= 4 is 5.91 Å². The number of nitrogens with zero attached hydrogens (tertiary/aromatic N) is 1. The van der Waals surface area contributed by atoms with E-state index in [-0.39, 0.29) is 18.0 Å². The lowest BCUT2D eigenvalue weighted by Gasteiger charge is -2.39. The molecule has 1 heterocycles. The Labute approximate surface area is 109 Å². The molecule has 0 spiro atoms. The summed E-state index contributed by atoms with van der Waals surface area (Å²) in [5, 5.41) is 0. The average molecular weight is 246 g/mol. The Hall–Kier alpha value is -1.35. The number of likely N-dealkylation sites (N-methyl/N-ethyl adjacent to an activating group) is 1. The fourth-order valence-electron chi connectivity index (χ4n) is 3.13. The van der Waals surface area contributed by atoms with Gasteiger partial charge < -0.3 is 10.6 Å². The molecule has 1 aliphatic heterocycles. The quantitative estimate of drug-likeness (QED) is 0.826. The monoisotopic (exact) mass is 246 g/mol. The normalized spacial score (nSPS) is 24.5. The van der Waals surface area contributed by atoms with Crippen molar-refractivity contribution in [1.82, 2.24) is 4.90 Å². The van der Waals surface area contributed by atoms with Gasteiger partial charge in [-0.25, -0.2) is 0 Å². The standard InChI is InChI=1S/C15H22N2O/c1-9-7-10(2)14(11(3)8-9)15-12(16)5-6-13(18)17(15)4/h7-8,12,15H,5-6,16H2,1-4H3. The van der Waals surface area contributed by atoms with E-state index in [1.807, 2.05) is 11.9 Å². The molecule has 0 aliphatic carbocycles. The van der Waals surface area contributed by atoms with E-state index in [0.717, 1.165) is 6.42 Å². The van der Waals surface area contributed by atoms with Crippen LogP contribution in [0.5, 0.6) is 0 Å². The third kappa shape index (κ3) is 2.15. The molecule has 1 aromatic carbocycles. The van der Waals surface area contributed by atoms with Crippen molar-refractivity contribution in [2.75, 3.05) is 7.05 Å². The molecule has 0 radical (unpaired) electrons. The number of likely N-dealkylation sites (tertiary alicyclic amines) is 1. The van der Waals surface area contributed by atoms with Gasteiger partial charge in [-0.05, 0) is 43.9 Å². The minimum absolute atomic E-state index is 0.0202. The fourth-order valence-corrected chi connectivity index (χ4v) is 3.13. The number of aryl methyl sites for hydroxylation is 3. The smallest absolute Gasteiger partial charge is 0.222 e. The number of piperidine rings is 1. The minimum Gasteiger partial charge on any atom is -0.337 e. The minimum atomic E-state index is 0.0202. The molecular weight excluding hydrogens is 224 g/mol. The van der Waals surface area contributed by atoms with Gasteiger partial charge in [0.1, 0.15) is 0 Å². The Kier molecular flexibility index (Phi) is 3.44. The highest BCUT2D eigenvalue weighted by molar-refractivity contribution is 5.77. The molecule has 0 saturated carbocycles. The van der Waals surface area contributed by atoms with Gasteiger partial charge in [0.25, 0.3) is 0 Å². The molecule has 1 aromatic rings. The van der Waals surface area contributed by atoms with E-state index < -0.39 is 0 Å². The van der Waals surface area contributed by atoms with Gasteiger partial charge in [0.15, 0.2) is 0 Å². The van der Waals surface area contributed by atoms with Crippen LogP contribution in [-0.4, -0.2) is 23.9 Å². The van der Waals surface area contributed by atoms with Crippen molar-refractivity contribution in [3.8, 4) is 0 Å². The Morgan fingerprint density at radius 3 is 2.33 bits per heavy atom.